The Kier molecular flexibility index (Phi) is 9.94. The molecule has 0 saturated carbocycles. The van der Waals surface area contributed by atoms with Gasteiger partial charge in [0.15, 0.2) is 5.96 Å². The Hall–Kier alpha value is -1.86. The summed E-state index contributed by atoms with van der Waals surface area (Å²) < 4.78 is 24.8. The SMILES string of the molecule is CCNC(=NCCCN(C)c1ccccc1F)NCCCOC1CCOC1. The summed E-state index contributed by atoms with van der Waals surface area (Å²) in [7, 11) is 1.90. The molecule has 27 heavy (non-hydrogen) atoms. The summed E-state index contributed by atoms with van der Waals surface area (Å²) in [5.41, 5.74) is 0.624. The van der Waals surface area contributed by atoms with Gasteiger partial charge < -0.3 is 25.0 Å². The molecule has 1 aromatic carbocycles. The Morgan fingerprint density at radius 2 is 2.19 bits per heavy atom. The van der Waals surface area contributed by atoms with E-state index in [1.165, 1.54) is 6.07 Å². The van der Waals surface area contributed by atoms with Crippen molar-refractivity contribution in [2.24, 2.45) is 4.99 Å². The lowest BCUT2D eigenvalue weighted by Gasteiger charge is -2.19. The van der Waals surface area contributed by atoms with Crippen LogP contribution in [0.15, 0.2) is 29.3 Å². The lowest BCUT2D eigenvalue weighted by Crippen LogP contribution is -2.38. The number of hydrogen-bond donors (Lipinski definition) is 2. The van der Waals surface area contributed by atoms with Gasteiger partial charge in [0.05, 0.1) is 18.4 Å². The highest BCUT2D eigenvalue weighted by Gasteiger charge is 2.15. The van der Waals surface area contributed by atoms with E-state index in [0.717, 1.165) is 64.7 Å². The Bertz CT molecular complexity index is 565. The van der Waals surface area contributed by atoms with Gasteiger partial charge in [0.25, 0.3) is 0 Å². The molecule has 1 aromatic rings. The molecule has 2 rings (SSSR count). The maximum atomic E-state index is 13.8. The fraction of sp³-hybridized carbons (Fsp3) is 0.650. The van der Waals surface area contributed by atoms with Crippen LogP contribution in [0.2, 0.25) is 0 Å². The van der Waals surface area contributed by atoms with Gasteiger partial charge in [0.2, 0.25) is 0 Å². The van der Waals surface area contributed by atoms with Crippen LogP contribution in [0.3, 0.4) is 0 Å². The Morgan fingerprint density at radius 3 is 2.93 bits per heavy atom. The molecule has 1 aliphatic rings. The van der Waals surface area contributed by atoms with Gasteiger partial charge in [-0.1, -0.05) is 12.1 Å². The standard InChI is InChI=1S/C20H33FN4O2/c1-3-22-20(24-12-7-14-27-17-10-15-26-16-17)23-11-6-13-25(2)19-9-5-4-8-18(19)21/h4-5,8-9,17H,3,6-7,10-16H2,1-2H3,(H2,22,23,24). The van der Waals surface area contributed by atoms with E-state index in [4.69, 9.17) is 9.47 Å². The zero-order valence-corrected chi connectivity index (χ0v) is 16.5. The number of hydrogen-bond acceptors (Lipinski definition) is 4. The van der Waals surface area contributed by atoms with Crippen LogP contribution < -0.4 is 15.5 Å². The Morgan fingerprint density at radius 1 is 1.33 bits per heavy atom. The lowest BCUT2D eigenvalue weighted by molar-refractivity contribution is 0.0420. The van der Waals surface area contributed by atoms with Crippen molar-refractivity contribution in [3.05, 3.63) is 30.1 Å². The van der Waals surface area contributed by atoms with Crippen molar-refractivity contribution in [1.29, 1.82) is 0 Å². The summed E-state index contributed by atoms with van der Waals surface area (Å²) in [4.78, 5) is 6.52. The first-order chi connectivity index (χ1) is 13.2. The normalized spacial score (nSPS) is 17.1. The molecule has 1 fully saturated rings. The predicted molar refractivity (Wildman–Crippen MR) is 108 cm³/mol. The number of aliphatic imine (C=N–C) groups is 1. The molecule has 6 nitrogen and oxygen atoms in total. The first-order valence-corrected chi connectivity index (χ1v) is 9.88. The molecular formula is C20H33FN4O2. The molecule has 0 aliphatic carbocycles. The van der Waals surface area contributed by atoms with Gasteiger partial charge in [-0.3, -0.25) is 4.99 Å². The molecule has 7 heteroatoms. The molecule has 0 radical (unpaired) electrons. The second kappa shape index (κ2) is 12.5. The van der Waals surface area contributed by atoms with E-state index in [1.54, 1.807) is 12.1 Å². The number of anilines is 1. The van der Waals surface area contributed by atoms with Crippen LogP contribution in [-0.2, 0) is 9.47 Å². The first-order valence-electron chi connectivity index (χ1n) is 9.88. The van der Waals surface area contributed by atoms with Crippen molar-refractivity contribution in [1.82, 2.24) is 10.6 Å². The van der Waals surface area contributed by atoms with Gasteiger partial charge >= 0.3 is 0 Å². The number of guanidine groups is 1. The summed E-state index contributed by atoms with van der Waals surface area (Å²) >= 11 is 0. The molecule has 1 saturated heterocycles. The average Bonchev–Trinajstić information content (AvgIpc) is 3.18. The van der Waals surface area contributed by atoms with Gasteiger partial charge in [-0.15, -0.1) is 0 Å². The van der Waals surface area contributed by atoms with Crippen LogP contribution in [0.1, 0.15) is 26.2 Å². The van der Waals surface area contributed by atoms with E-state index in [-0.39, 0.29) is 11.9 Å². The highest BCUT2D eigenvalue weighted by molar-refractivity contribution is 5.79. The predicted octanol–water partition coefficient (Wildman–Crippen LogP) is 2.40. The number of nitrogens with zero attached hydrogens (tertiary/aromatic N) is 2. The third-order valence-corrected chi connectivity index (χ3v) is 4.38. The Labute approximate surface area is 162 Å². The number of para-hydroxylation sites is 1. The molecule has 0 bridgehead atoms. The quantitative estimate of drug-likeness (QED) is 0.351. The maximum Gasteiger partial charge on any atom is 0.191 e. The number of benzene rings is 1. The van der Waals surface area contributed by atoms with Gasteiger partial charge in [0, 0.05) is 46.4 Å². The average molecular weight is 381 g/mol. The van der Waals surface area contributed by atoms with Gasteiger partial charge in [-0.25, -0.2) is 4.39 Å². The zero-order valence-electron chi connectivity index (χ0n) is 16.5. The van der Waals surface area contributed by atoms with E-state index in [2.05, 4.69) is 15.6 Å². The largest absolute Gasteiger partial charge is 0.379 e. The van der Waals surface area contributed by atoms with E-state index in [1.807, 2.05) is 24.9 Å². The summed E-state index contributed by atoms with van der Waals surface area (Å²) in [6.45, 7) is 7.38. The van der Waals surface area contributed by atoms with Gasteiger partial charge in [0.1, 0.15) is 5.82 Å². The van der Waals surface area contributed by atoms with Crippen molar-refractivity contribution in [3.8, 4) is 0 Å². The summed E-state index contributed by atoms with van der Waals surface area (Å²) in [6, 6.07) is 6.84. The van der Waals surface area contributed by atoms with Crippen LogP contribution in [0.25, 0.3) is 0 Å². The van der Waals surface area contributed by atoms with Crippen LogP contribution >= 0.6 is 0 Å². The molecule has 1 heterocycles. The topological polar surface area (TPSA) is 58.1 Å². The van der Waals surface area contributed by atoms with E-state index in [9.17, 15) is 4.39 Å². The summed E-state index contributed by atoms with van der Waals surface area (Å²) in [5.74, 6) is 0.625. The second-order valence-electron chi connectivity index (χ2n) is 6.62. The molecule has 0 aromatic heterocycles. The highest BCUT2D eigenvalue weighted by Crippen LogP contribution is 2.16. The second-order valence-corrected chi connectivity index (χ2v) is 6.62. The van der Waals surface area contributed by atoms with Crippen molar-refractivity contribution >= 4 is 11.6 Å². The lowest BCUT2D eigenvalue weighted by atomic mass is 10.2. The van der Waals surface area contributed by atoms with Crippen LogP contribution in [0.4, 0.5) is 10.1 Å². The molecule has 1 aliphatic heterocycles. The van der Waals surface area contributed by atoms with Crippen LogP contribution in [0, 0.1) is 5.82 Å². The molecule has 1 atom stereocenters. The number of halogens is 1. The molecule has 1 unspecified atom stereocenters. The van der Waals surface area contributed by atoms with Gasteiger partial charge in [-0.05, 0) is 38.3 Å². The van der Waals surface area contributed by atoms with Crippen molar-refractivity contribution < 1.29 is 13.9 Å². The monoisotopic (exact) mass is 380 g/mol. The highest BCUT2D eigenvalue weighted by atomic mass is 19.1. The third kappa shape index (κ3) is 8.13. The zero-order chi connectivity index (χ0) is 19.3. The minimum atomic E-state index is -0.190. The smallest absolute Gasteiger partial charge is 0.191 e. The fourth-order valence-corrected chi connectivity index (χ4v) is 2.90. The summed E-state index contributed by atoms with van der Waals surface area (Å²) in [6.07, 6.45) is 3.04. The van der Waals surface area contributed by atoms with E-state index in [0.29, 0.717) is 12.2 Å². The number of ether oxygens (including phenoxy) is 2. The minimum absolute atomic E-state index is 0.190. The molecule has 0 spiro atoms. The van der Waals surface area contributed by atoms with Crippen molar-refractivity contribution in [2.45, 2.75) is 32.3 Å². The van der Waals surface area contributed by atoms with Crippen LogP contribution in [-0.4, -0.2) is 65.1 Å². The fourth-order valence-electron chi connectivity index (χ4n) is 2.90. The van der Waals surface area contributed by atoms with Crippen LogP contribution in [0.5, 0.6) is 0 Å². The molecule has 2 N–H and O–H groups in total. The molecule has 152 valence electrons. The first kappa shape index (κ1) is 21.4. The van der Waals surface area contributed by atoms with Gasteiger partial charge in [-0.2, -0.15) is 0 Å². The number of nitrogens with one attached hydrogen (secondary N) is 2. The minimum Gasteiger partial charge on any atom is -0.379 e. The van der Waals surface area contributed by atoms with E-state index < -0.39 is 0 Å². The maximum absolute atomic E-state index is 13.8. The number of rotatable bonds is 11. The molecular weight excluding hydrogens is 347 g/mol. The van der Waals surface area contributed by atoms with Crippen molar-refractivity contribution in [3.63, 3.8) is 0 Å². The summed E-state index contributed by atoms with van der Waals surface area (Å²) in [5, 5.41) is 6.58. The van der Waals surface area contributed by atoms with Crippen molar-refractivity contribution in [2.75, 3.05) is 57.9 Å². The Balaban J connectivity index is 1.62. The van der Waals surface area contributed by atoms with E-state index >= 15 is 0 Å². The third-order valence-electron chi connectivity index (χ3n) is 4.38. The molecule has 0 amide bonds.